The van der Waals surface area contributed by atoms with Crippen molar-refractivity contribution >= 4 is 34.2 Å². The Labute approximate surface area is 101 Å². The van der Waals surface area contributed by atoms with E-state index in [0.29, 0.717) is 0 Å². The first-order valence-electron chi connectivity index (χ1n) is 3.80. The maximum Gasteiger partial charge on any atom is 0.328 e. The Morgan fingerprint density at radius 3 is 1.22 bits per heavy atom. The van der Waals surface area contributed by atoms with Crippen LogP contribution < -0.4 is 37.7 Å². The number of carbonyl (C=O) groups excluding carboxylic acids is 2. The van der Waals surface area contributed by atoms with Gasteiger partial charge in [-0.1, -0.05) is 0 Å². The third-order valence-electron chi connectivity index (χ3n) is 0.739. The molecule has 0 aliphatic rings. The Bertz CT molecular complexity index is 407. The number of guanidine groups is 2. The topological polar surface area (TPSA) is 256 Å². The van der Waals surface area contributed by atoms with Gasteiger partial charge >= 0.3 is 22.3 Å². The summed E-state index contributed by atoms with van der Waals surface area (Å²) in [5.41, 5.74) is 18.4. The largest absolute Gasteiger partial charge is 0.370 e. The van der Waals surface area contributed by atoms with Crippen molar-refractivity contribution in [1.82, 2.24) is 14.8 Å². The van der Waals surface area contributed by atoms with Crippen molar-refractivity contribution in [2.24, 2.45) is 22.9 Å². The van der Waals surface area contributed by atoms with Crippen LogP contribution in [0.1, 0.15) is 0 Å². The normalized spacial score (nSPS) is 9.11. The SMILES string of the molecule is N=C(N)NC(=N)N.NC(=O)NS(=O)(=O)NC(N)=O. The minimum atomic E-state index is -4.23. The second-order valence-corrected chi connectivity index (χ2v) is 3.80. The zero-order valence-corrected chi connectivity index (χ0v) is 9.67. The average molecular weight is 283 g/mol. The van der Waals surface area contributed by atoms with E-state index in [1.165, 1.54) is 9.44 Å². The predicted octanol–water partition coefficient (Wildman–Crippen LogP) is -4.07. The molecule has 0 unspecified atom stereocenters. The fourth-order valence-electron chi connectivity index (χ4n) is 0.435. The van der Waals surface area contributed by atoms with Crippen molar-refractivity contribution in [3.63, 3.8) is 0 Å². The van der Waals surface area contributed by atoms with E-state index in [1.807, 2.05) is 5.32 Å². The van der Waals surface area contributed by atoms with E-state index in [0.717, 1.165) is 0 Å². The molecule has 0 heterocycles. The zero-order chi connectivity index (χ0) is 14.9. The number of nitrogens with one attached hydrogen (secondary N) is 5. The van der Waals surface area contributed by atoms with Gasteiger partial charge in [0.25, 0.3) is 0 Å². The van der Waals surface area contributed by atoms with Crippen LogP contribution in [0.3, 0.4) is 0 Å². The van der Waals surface area contributed by atoms with Crippen LogP contribution >= 0.6 is 0 Å². The average Bonchev–Trinajstić information content (AvgIpc) is 1.94. The molecule has 0 aromatic heterocycles. The molecule has 0 atom stereocenters. The monoisotopic (exact) mass is 283 g/mol. The van der Waals surface area contributed by atoms with Crippen molar-refractivity contribution in [2.75, 3.05) is 0 Å². The van der Waals surface area contributed by atoms with Gasteiger partial charge in [0.05, 0.1) is 0 Å². The number of amides is 4. The molecule has 0 spiro atoms. The summed E-state index contributed by atoms with van der Waals surface area (Å²) in [5, 5.41) is 15.0. The predicted molar refractivity (Wildman–Crippen MR) is 61.3 cm³/mol. The van der Waals surface area contributed by atoms with Crippen LogP contribution in [-0.2, 0) is 10.2 Å². The summed E-state index contributed by atoms with van der Waals surface area (Å²) < 4.78 is 23.4. The maximum absolute atomic E-state index is 10.4. The molecule has 0 aliphatic carbocycles. The summed E-state index contributed by atoms with van der Waals surface area (Å²) >= 11 is 0. The Morgan fingerprint density at radius 2 is 1.11 bits per heavy atom. The molecule has 104 valence electrons. The van der Waals surface area contributed by atoms with E-state index in [4.69, 9.17) is 22.3 Å². The van der Waals surface area contributed by atoms with Crippen molar-refractivity contribution < 1.29 is 18.0 Å². The molecule has 14 heteroatoms. The quantitative estimate of drug-likeness (QED) is 0.178. The number of carbonyl (C=O) groups is 2. The lowest BCUT2D eigenvalue weighted by atomic mass is 10.9. The molecule has 0 aromatic rings. The highest BCUT2D eigenvalue weighted by Gasteiger charge is 2.12. The summed E-state index contributed by atoms with van der Waals surface area (Å²) in [7, 11) is -4.23. The number of nitrogens with two attached hydrogens (primary N) is 4. The van der Waals surface area contributed by atoms with Gasteiger partial charge in [0.15, 0.2) is 11.9 Å². The van der Waals surface area contributed by atoms with Crippen LogP contribution in [0.25, 0.3) is 0 Å². The zero-order valence-electron chi connectivity index (χ0n) is 8.85. The summed E-state index contributed by atoms with van der Waals surface area (Å²) in [6.45, 7) is 0. The van der Waals surface area contributed by atoms with E-state index < -0.39 is 22.3 Å². The molecule has 13 N–H and O–H groups in total. The highest BCUT2D eigenvalue weighted by Crippen LogP contribution is 1.73. The highest BCUT2D eigenvalue weighted by molar-refractivity contribution is 7.88. The van der Waals surface area contributed by atoms with E-state index in [1.54, 1.807) is 0 Å². The molecule has 4 amide bonds. The van der Waals surface area contributed by atoms with Crippen molar-refractivity contribution in [1.29, 1.82) is 10.8 Å². The Hall–Kier alpha value is -2.77. The lowest BCUT2D eigenvalue weighted by Gasteiger charge is -2.01. The molecule has 0 aliphatic heterocycles. The van der Waals surface area contributed by atoms with Gasteiger partial charge in [0, 0.05) is 0 Å². The summed E-state index contributed by atoms with van der Waals surface area (Å²) in [6, 6.07) is -2.61. The van der Waals surface area contributed by atoms with E-state index in [-0.39, 0.29) is 11.9 Å². The molecular formula is C4H13N9O4S. The van der Waals surface area contributed by atoms with Gasteiger partial charge in [-0.05, 0) is 0 Å². The molecule has 0 radical (unpaired) electrons. The number of urea groups is 2. The molecule has 0 saturated heterocycles. The second-order valence-electron chi connectivity index (χ2n) is 2.39. The standard InChI is InChI=1S/C2H7N5.C2H6N4O4S/c3-1(4)7-2(5)6;3-1(7)5-11(9,10)6-2(4)8/h(H7,3,4,5,6,7);(H3,3,5,7)(H3,4,6,8). The highest BCUT2D eigenvalue weighted by atomic mass is 32.2. The van der Waals surface area contributed by atoms with Crippen LogP contribution in [0.2, 0.25) is 0 Å². The molecule has 0 rings (SSSR count). The third-order valence-corrected chi connectivity index (χ3v) is 1.68. The fraction of sp³-hybridized carbons (Fsp3) is 0. The van der Waals surface area contributed by atoms with Crippen LogP contribution in [0.15, 0.2) is 0 Å². The van der Waals surface area contributed by atoms with Gasteiger partial charge in [-0.15, -0.1) is 0 Å². The fourth-order valence-corrected chi connectivity index (χ4v) is 1.02. The third kappa shape index (κ3) is 15.7. The van der Waals surface area contributed by atoms with Crippen molar-refractivity contribution in [3.8, 4) is 0 Å². The minimum Gasteiger partial charge on any atom is -0.370 e. The first-order chi connectivity index (χ1) is 7.96. The van der Waals surface area contributed by atoms with E-state index >= 15 is 0 Å². The minimum absolute atomic E-state index is 0.312. The second kappa shape index (κ2) is 7.49. The van der Waals surface area contributed by atoms with Crippen LogP contribution in [-0.4, -0.2) is 32.4 Å². The summed E-state index contributed by atoms with van der Waals surface area (Å²) in [6.07, 6.45) is 0. The van der Waals surface area contributed by atoms with Gasteiger partial charge < -0.3 is 22.9 Å². The first-order valence-corrected chi connectivity index (χ1v) is 5.29. The van der Waals surface area contributed by atoms with Crippen molar-refractivity contribution in [2.45, 2.75) is 0 Å². The van der Waals surface area contributed by atoms with Gasteiger partial charge in [-0.2, -0.15) is 8.42 Å². The Kier molecular flexibility index (Phi) is 7.34. The number of hydrogen-bond acceptors (Lipinski definition) is 6. The molecule has 0 fully saturated rings. The lowest BCUT2D eigenvalue weighted by molar-refractivity contribution is 0.252. The first kappa shape index (κ1) is 17.6. The molecule has 0 saturated carbocycles. The van der Waals surface area contributed by atoms with E-state index in [2.05, 4.69) is 11.5 Å². The molecule has 0 bridgehead atoms. The number of hydrogen-bond donors (Lipinski definition) is 9. The summed E-state index contributed by atoms with van der Waals surface area (Å²) in [4.78, 5) is 19.9. The van der Waals surface area contributed by atoms with Crippen molar-refractivity contribution in [3.05, 3.63) is 0 Å². The van der Waals surface area contributed by atoms with Gasteiger partial charge in [0.2, 0.25) is 0 Å². The summed E-state index contributed by atoms with van der Waals surface area (Å²) in [5.74, 6) is -0.625. The Morgan fingerprint density at radius 1 is 0.833 bits per heavy atom. The maximum atomic E-state index is 10.4. The van der Waals surface area contributed by atoms with Crippen LogP contribution in [0, 0.1) is 10.8 Å². The van der Waals surface area contributed by atoms with Gasteiger partial charge in [0.1, 0.15) is 0 Å². The van der Waals surface area contributed by atoms with E-state index in [9.17, 15) is 18.0 Å². The van der Waals surface area contributed by atoms with Gasteiger partial charge in [-0.25, -0.2) is 19.0 Å². The van der Waals surface area contributed by atoms with Crippen LogP contribution in [0.5, 0.6) is 0 Å². The van der Waals surface area contributed by atoms with Gasteiger partial charge in [-0.3, -0.25) is 16.1 Å². The molecule has 0 aromatic carbocycles. The molecule has 18 heavy (non-hydrogen) atoms. The Balaban J connectivity index is 0. The molecular weight excluding hydrogens is 270 g/mol. The molecule has 13 nitrogen and oxygen atoms in total. The number of rotatable bonds is 2. The lowest BCUT2D eigenvalue weighted by Crippen LogP contribution is -2.46. The number of primary amides is 2. The smallest absolute Gasteiger partial charge is 0.328 e. The van der Waals surface area contributed by atoms with Crippen LogP contribution in [0.4, 0.5) is 9.59 Å².